The van der Waals surface area contributed by atoms with Gasteiger partial charge in [-0.05, 0) is 37.7 Å². The third kappa shape index (κ3) is 11.6. The van der Waals surface area contributed by atoms with Gasteiger partial charge in [0, 0.05) is 44.9 Å². The summed E-state index contributed by atoms with van der Waals surface area (Å²) in [5.41, 5.74) is -0.281. The lowest BCUT2D eigenvalue weighted by molar-refractivity contribution is -0.385. The lowest BCUT2D eigenvalue weighted by atomic mass is 9.94. The number of non-ortho nitro benzene ring substituents is 1. The minimum atomic E-state index is -3.86. The highest BCUT2D eigenvalue weighted by Crippen LogP contribution is 2.17. The molecule has 1 aromatic carbocycles. The zero-order valence-electron chi connectivity index (χ0n) is 18.2. The number of rotatable bonds is 13. The molecule has 0 aliphatic carbocycles. The highest BCUT2D eigenvalue weighted by molar-refractivity contribution is 14.0. The van der Waals surface area contributed by atoms with Crippen molar-refractivity contribution in [1.29, 1.82) is 0 Å². The Balaban J connectivity index is 0.00000900. The first-order valence-corrected chi connectivity index (χ1v) is 11.5. The normalized spacial score (nSPS) is 12.9. The van der Waals surface area contributed by atoms with E-state index in [4.69, 9.17) is 0 Å². The van der Waals surface area contributed by atoms with E-state index in [9.17, 15) is 23.6 Å². The molecule has 0 fully saturated rings. The largest absolute Gasteiger partial charge is 0.396 e. The maximum atomic E-state index is 12.3. The second-order valence-corrected chi connectivity index (χ2v) is 9.07. The van der Waals surface area contributed by atoms with Gasteiger partial charge in [0.25, 0.3) is 5.69 Å². The van der Waals surface area contributed by atoms with E-state index in [1.807, 2.05) is 6.92 Å². The van der Waals surface area contributed by atoms with Crippen LogP contribution in [-0.2, 0) is 10.0 Å². The molecule has 178 valence electrons. The predicted molar refractivity (Wildman–Crippen MR) is 132 cm³/mol. The number of nitro groups is 1. The summed E-state index contributed by atoms with van der Waals surface area (Å²) in [6.45, 7) is 7.90. The van der Waals surface area contributed by atoms with E-state index in [2.05, 4.69) is 34.2 Å². The molecule has 0 aliphatic rings. The average molecular weight is 571 g/mol. The van der Waals surface area contributed by atoms with Gasteiger partial charge in [0.05, 0.1) is 9.82 Å². The molecule has 12 heteroatoms. The molecule has 1 atom stereocenters. The first kappa shape index (κ1) is 29.5. The van der Waals surface area contributed by atoms with Gasteiger partial charge in [0.2, 0.25) is 10.0 Å². The van der Waals surface area contributed by atoms with Crippen molar-refractivity contribution in [2.75, 3.05) is 32.8 Å². The summed E-state index contributed by atoms with van der Waals surface area (Å²) in [6.07, 6.45) is 1.65. The number of nitro benzene ring substituents is 1. The second-order valence-electron chi connectivity index (χ2n) is 7.31. The van der Waals surface area contributed by atoms with Gasteiger partial charge in [-0.3, -0.25) is 15.1 Å². The zero-order chi connectivity index (χ0) is 22.6. The number of halogens is 1. The first-order valence-electron chi connectivity index (χ1n) is 10.1. The summed E-state index contributed by atoms with van der Waals surface area (Å²) in [7, 11) is -3.86. The molecule has 0 amide bonds. The Bertz CT molecular complexity index is 805. The van der Waals surface area contributed by atoms with Crippen LogP contribution in [0.3, 0.4) is 0 Å². The maximum Gasteiger partial charge on any atom is 0.270 e. The van der Waals surface area contributed by atoms with Gasteiger partial charge in [-0.1, -0.05) is 19.9 Å². The Kier molecular flexibility index (Phi) is 14.6. The van der Waals surface area contributed by atoms with Crippen LogP contribution in [0, 0.1) is 22.0 Å². The van der Waals surface area contributed by atoms with E-state index >= 15 is 0 Å². The van der Waals surface area contributed by atoms with Crippen LogP contribution in [0.25, 0.3) is 0 Å². The van der Waals surface area contributed by atoms with Gasteiger partial charge in [0.15, 0.2) is 5.96 Å². The fraction of sp³-hybridized carbons (Fsp3) is 0.632. The topological polar surface area (TPSA) is 146 Å². The zero-order valence-corrected chi connectivity index (χ0v) is 21.4. The van der Waals surface area contributed by atoms with Gasteiger partial charge in [-0.2, -0.15) is 0 Å². The van der Waals surface area contributed by atoms with Crippen molar-refractivity contribution >= 4 is 45.6 Å². The minimum absolute atomic E-state index is 0. The first-order chi connectivity index (χ1) is 14.2. The van der Waals surface area contributed by atoms with Crippen LogP contribution in [-0.4, -0.2) is 57.2 Å². The van der Waals surface area contributed by atoms with Crippen molar-refractivity contribution in [3.8, 4) is 0 Å². The number of hydrogen-bond acceptors (Lipinski definition) is 6. The Morgan fingerprint density at radius 1 is 1.26 bits per heavy atom. The molecule has 10 nitrogen and oxygen atoms in total. The van der Waals surface area contributed by atoms with Crippen molar-refractivity contribution in [1.82, 2.24) is 15.4 Å². The standard InChI is InChI=1S/C19H33N5O5S.HI/c1-4-20-19(22-14-16(8-11-25)12-15(2)3)21-9-10-23-30(28,29)18-7-5-6-17(13-18)24(26)27;/h5-7,13,15-16,23,25H,4,8-12,14H2,1-3H3,(H2,20,21,22);1H. The molecular formula is C19H34IN5O5S. The number of hydrogen-bond donors (Lipinski definition) is 4. The van der Waals surface area contributed by atoms with E-state index in [0.29, 0.717) is 31.4 Å². The van der Waals surface area contributed by atoms with E-state index in [0.717, 1.165) is 12.5 Å². The van der Waals surface area contributed by atoms with Crippen LogP contribution < -0.4 is 15.4 Å². The highest BCUT2D eigenvalue weighted by Gasteiger charge is 2.17. The number of aliphatic hydroxyl groups excluding tert-OH is 1. The summed E-state index contributed by atoms with van der Waals surface area (Å²) >= 11 is 0. The van der Waals surface area contributed by atoms with Gasteiger partial charge in [0.1, 0.15) is 0 Å². The van der Waals surface area contributed by atoms with Crippen LogP contribution >= 0.6 is 24.0 Å². The minimum Gasteiger partial charge on any atom is -0.396 e. The number of nitrogens with zero attached hydrogens (tertiary/aromatic N) is 2. The van der Waals surface area contributed by atoms with Crippen LogP contribution in [0.5, 0.6) is 0 Å². The van der Waals surface area contributed by atoms with Crippen LogP contribution in [0.1, 0.15) is 33.6 Å². The molecule has 0 bridgehead atoms. The molecule has 4 N–H and O–H groups in total. The van der Waals surface area contributed by atoms with Crippen LogP contribution in [0.15, 0.2) is 34.2 Å². The van der Waals surface area contributed by atoms with E-state index in [1.165, 1.54) is 18.2 Å². The van der Waals surface area contributed by atoms with Crippen molar-refractivity contribution in [2.45, 2.75) is 38.5 Å². The number of aliphatic imine (C=N–C) groups is 1. The lowest BCUT2D eigenvalue weighted by Gasteiger charge is -2.17. The monoisotopic (exact) mass is 571 g/mol. The molecule has 0 heterocycles. The summed E-state index contributed by atoms with van der Waals surface area (Å²) in [6, 6.07) is 4.91. The number of guanidine groups is 1. The van der Waals surface area contributed by atoms with Gasteiger partial charge < -0.3 is 15.7 Å². The fourth-order valence-electron chi connectivity index (χ4n) is 2.91. The van der Waals surface area contributed by atoms with Crippen molar-refractivity contribution in [3.63, 3.8) is 0 Å². The van der Waals surface area contributed by atoms with E-state index in [1.54, 1.807) is 0 Å². The Morgan fingerprint density at radius 3 is 2.55 bits per heavy atom. The highest BCUT2D eigenvalue weighted by atomic mass is 127. The van der Waals surface area contributed by atoms with Crippen LogP contribution in [0.2, 0.25) is 0 Å². The summed E-state index contributed by atoms with van der Waals surface area (Å²) in [5, 5.41) is 26.2. The summed E-state index contributed by atoms with van der Waals surface area (Å²) in [4.78, 5) is 14.6. The molecule has 31 heavy (non-hydrogen) atoms. The molecule has 1 aromatic rings. The molecule has 0 aliphatic heterocycles. The Morgan fingerprint density at radius 2 is 1.97 bits per heavy atom. The molecule has 0 aromatic heterocycles. The molecule has 0 saturated heterocycles. The predicted octanol–water partition coefficient (Wildman–Crippen LogP) is 2.09. The number of benzene rings is 1. The van der Waals surface area contributed by atoms with E-state index in [-0.39, 0.29) is 60.2 Å². The van der Waals surface area contributed by atoms with Crippen LogP contribution in [0.4, 0.5) is 5.69 Å². The molecule has 0 radical (unpaired) electrons. The van der Waals surface area contributed by atoms with Crippen molar-refractivity contribution < 1.29 is 18.4 Å². The fourth-order valence-corrected chi connectivity index (χ4v) is 3.98. The third-order valence-corrected chi connectivity index (χ3v) is 5.70. The van der Waals surface area contributed by atoms with Crippen molar-refractivity contribution in [3.05, 3.63) is 34.4 Å². The lowest BCUT2D eigenvalue weighted by Crippen LogP contribution is -2.41. The number of nitrogens with one attached hydrogen (secondary N) is 3. The molecule has 1 unspecified atom stereocenters. The molecule has 1 rings (SSSR count). The maximum absolute atomic E-state index is 12.3. The Hall–Kier alpha value is -1.51. The Labute approximate surface area is 201 Å². The smallest absolute Gasteiger partial charge is 0.270 e. The van der Waals surface area contributed by atoms with E-state index < -0.39 is 14.9 Å². The third-order valence-electron chi connectivity index (χ3n) is 4.24. The van der Waals surface area contributed by atoms with Crippen molar-refractivity contribution in [2.24, 2.45) is 16.8 Å². The number of sulfonamides is 1. The number of aliphatic hydroxyl groups is 1. The summed E-state index contributed by atoms with van der Waals surface area (Å²) in [5.74, 6) is 1.35. The molecule has 0 saturated carbocycles. The molecule has 0 spiro atoms. The van der Waals surface area contributed by atoms with Gasteiger partial charge in [-0.25, -0.2) is 13.1 Å². The van der Waals surface area contributed by atoms with Gasteiger partial charge in [-0.15, -0.1) is 24.0 Å². The molecular weight excluding hydrogens is 537 g/mol. The van der Waals surface area contributed by atoms with Gasteiger partial charge >= 0.3 is 0 Å². The average Bonchev–Trinajstić information content (AvgIpc) is 2.69. The quantitative estimate of drug-likeness (QED) is 0.0709. The SMILES string of the molecule is CCNC(=NCC(CCO)CC(C)C)NCCNS(=O)(=O)c1cccc([N+](=O)[O-])c1.I. The second kappa shape index (κ2) is 15.3. The summed E-state index contributed by atoms with van der Waals surface area (Å²) < 4.78 is 27.1.